The van der Waals surface area contributed by atoms with Crippen molar-refractivity contribution < 1.29 is 28.9 Å². The van der Waals surface area contributed by atoms with Crippen LogP contribution in [-0.2, 0) is 14.3 Å². The van der Waals surface area contributed by atoms with Gasteiger partial charge in [0, 0.05) is 25.3 Å². The lowest BCUT2D eigenvalue weighted by molar-refractivity contribution is -0.164. The van der Waals surface area contributed by atoms with Crippen LogP contribution in [0.2, 0.25) is 0 Å². The molecule has 0 amide bonds. The SMILES string of the molecule is COc1ccnc(C(=O)C[C@@H](C)C(=O)O[C@@H](C)[C@H](OCC2CC2)C2CCCCC2)c1O. The number of aromatic nitrogens is 1. The number of hydrogen-bond donors (Lipinski definition) is 1. The van der Waals surface area contributed by atoms with E-state index in [9.17, 15) is 14.7 Å². The van der Waals surface area contributed by atoms with Crippen LogP contribution in [0.25, 0.3) is 0 Å². The number of ether oxygens (including phenoxy) is 3. The molecule has 0 saturated heterocycles. The Morgan fingerprint density at radius 3 is 2.52 bits per heavy atom. The second-order valence-corrected chi connectivity index (χ2v) is 9.02. The maximum atomic E-state index is 12.7. The number of ketones is 1. The van der Waals surface area contributed by atoms with E-state index >= 15 is 0 Å². The first kappa shape index (κ1) is 23.5. The van der Waals surface area contributed by atoms with Gasteiger partial charge in [0.15, 0.2) is 23.0 Å². The summed E-state index contributed by atoms with van der Waals surface area (Å²) in [6.07, 6.45) is 9.10. The second-order valence-electron chi connectivity index (χ2n) is 9.02. The topological polar surface area (TPSA) is 95.0 Å². The maximum Gasteiger partial charge on any atom is 0.309 e. The quantitative estimate of drug-likeness (QED) is 0.410. The molecule has 1 aromatic rings. The molecular formula is C24H35NO6. The van der Waals surface area contributed by atoms with Crippen molar-refractivity contribution in [3.63, 3.8) is 0 Å². The van der Waals surface area contributed by atoms with E-state index in [-0.39, 0.29) is 35.8 Å². The summed E-state index contributed by atoms with van der Waals surface area (Å²) in [4.78, 5) is 29.3. The molecule has 0 unspecified atom stereocenters. The molecule has 2 aliphatic rings. The molecule has 7 nitrogen and oxygen atoms in total. The van der Waals surface area contributed by atoms with E-state index in [4.69, 9.17) is 14.2 Å². The Bertz CT molecular complexity index is 756. The van der Waals surface area contributed by atoms with Gasteiger partial charge >= 0.3 is 5.97 Å². The van der Waals surface area contributed by atoms with E-state index < -0.39 is 17.7 Å². The molecule has 3 atom stereocenters. The molecule has 0 spiro atoms. The van der Waals surface area contributed by atoms with Crippen LogP contribution >= 0.6 is 0 Å². The lowest BCUT2D eigenvalue weighted by Gasteiger charge is -2.34. The third-order valence-electron chi connectivity index (χ3n) is 6.37. The van der Waals surface area contributed by atoms with Gasteiger partial charge in [0.2, 0.25) is 0 Å². The van der Waals surface area contributed by atoms with Gasteiger partial charge in [0.05, 0.1) is 19.1 Å². The van der Waals surface area contributed by atoms with Crippen molar-refractivity contribution in [3.8, 4) is 11.5 Å². The van der Waals surface area contributed by atoms with Crippen LogP contribution in [0.15, 0.2) is 12.3 Å². The Morgan fingerprint density at radius 1 is 1.16 bits per heavy atom. The maximum absolute atomic E-state index is 12.7. The lowest BCUT2D eigenvalue weighted by atomic mass is 9.83. The van der Waals surface area contributed by atoms with Crippen molar-refractivity contribution in [1.29, 1.82) is 0 Å². The molecule has 3 rings (SSSR count). The largest absolute Gasteiger partial charge is 0.503 e. The molecule has 1 aromatic heterocycles. The predicted octanol–water partition coefficient (Wildman–Crippen LogP) is 4.31. The number of methoxy groups -OCH3 is 1. The van der Waals surface area contributed by atoms with Crippen molar-refractivity contribution in [3.05, 3.63) is 18.0 Å². The summed E-state index contributed by atoms with van der Waals surface area (Å²) < 4.78 is 17.0. The molecular weight excluding hydrogens is 398 g/mol. The van der Waals surface area contributed by atoms with Crippen LogP contribution in [0.1, 0.15) is 75.7 Å². The molecule has 2 fully saturated rings. The fourth-order valence-electron chi connectivity index (χ4n) is 4.28. The highest BCUT2D eigenvalue weighted by Crippen LogP contribution is 2.34. The zero-order valence-electron chi connectivity index (χ0n) is 18.8. The van der Waals surface area contributed by atoms with Gasteiger partial charge in [0.1, 0.15) is 6.10 Å². The molecule has 2 saturated carbocycles. The van der Waals surface area contributed by atoms with Crippen molar-refractivity contribution in [2.75, 3.05) is 13.7 Å². The van der Waals surface area contributed by atoms with Gasteiger partial charge in [0.25, 0.3) is 0 Å². The van der Waals surface area contributed by atoms with Crippen molar-refractivity contribution in [2.45, 2.75) is 77.4 Å². The number of aromatic hydroxyl groups is 1. The number of Topliss-reactive ketones (excluding diaryl/α,β-unsaturated/α-hetero) is 1. The van der Waals surface area contributed by atoms with Gasteiger partial charge in [-0.25, -0.2) is 4.98 Å². The number of nitrogens with zero attached hydrogens (tertiary/aromatic N) is 1. The van der Waals surface area contributed by atoms with E-state index in [0.717, 1.165) is 19.4 Å². The Balaban J connectivity index is 1.57. The first-order valence-corrected chi connectivity index (χ1v) is 11.5. The average Bonchev–Trinajstić information content (AvgIpc) is 3.59. The number of esters is 1. The first-order chi connectivity index (χ1) is 14.9. The summed E-state index contributed by atoms with van der Waals surface area (Å²) >= 11 is 0. The standard InChI is InChI=1S/C24H35NO6/c1-15(13-19(26)21-22(27)20(29-3)11-12-25-21)24(28)31-16(2)23(30-14-17-9-10-17)18-7-5-4-6-8-18/h11-12,15-18,23,27H,4-10,13-14H2,1-3H3/t15-,16+,23+/m1/s1. The summed E-state index contributed by atoms with van der Waals surface area (Å²) in [7, 11) is 1.40. The summed E-state index contributed by atoms with van der Waals surface area (Å²) in [6, 6.07) is 1.47. The molecule has 1 N–H and O–H groups in total. The minimum atomic E-state index is -0.655. The normalized spacial score (nSPS) is 20.0. The van der Waals surface area contributed by atoms with E-state index in [2.05, 4.69) is 4.98 Å². The van der Waals surface area contributed by atoms with Crippen LogP contribution < -0.4 is 4.74 Å². The van der Waals surface area contributed by atoms with Gasteiger partial charge in [-0.05, 0) is 44.4 Å². The van der Waals surface area contributed by atoms with Crippen LogP contribution in [-0.4, -0.2) is 47.8 Å². The highest BCUT2D eigenvalue weighted by molar-refractivity contribution is 5.99. The van der Waals surface area contributed by atoms with Crippen LogP contribution in [0.5, 0.6) is 11.5 Å². The first-order valence-electron chi connectivity index (χ1n) is 11.5. The summed E-state index contributed by atoms with van der Waals surface area (Å²) in [5.41, 5.74) is -0.0973. The average molecular weight is 434 g/mol. The third kappa shape index (κ3) is 6.42. The molecule has 0 aromatic carbocycles. The molecule has 0 aliphatic heterocycles. The lowest BCUT2D eigenvalue weighted by Crippen LogP contribution is -2.39. The van der Waals surface area contributed by atoms with Gasteiger partial charge in [-0.2, -0.15) is 0 Å². The van der Waals surface area contributed by atoms with Crippen molar-refractivity contribution in [1.82, 2.24) is 4.98 Å². The van der Waals surface area contributed by atoms with E-state index in [1.54, 1.807) is 6.92 Å². The number of pyridine rings is 1. The molecule has 31 heavy (non-hydrogen) atoms. The predicted molar refractivity (Wildman–Crippen MR) is 115 cm³/mol. The van der Waals surface area contributed by atoms with Gasteiger partial charge in [-0.15, -0.1) is 0 Å². The minimum absolute atomic E-state index is 0.0973. The summed E-state index contributed by atoms with van der Waals surface area (Å²) in [5.74, 6) is -0.599. The number of carbonyl (C=O) groups excluding carboxylic acids is 2. The Morgan fingerprint density at radius 2 is 1.87 bits per heavy atom. The van der Waals surface area contributed by atoms with Crippen LogP contribution in [0.3, 0.4) is 0 Å². The molecule has 0 bridgehead atoms. The Hall–Kier alpha value is -2.15. The molecule has 7 heteroatoms. The number of hydrogen-bond acceptors (Lipinski definition) is 7. The van der Waals surface area contributed by atoms with Crippen LogP contribution in [0, 0.1) is 17.8 Å². The monoisotopic (exact) mass is 433 g/mol. The minimum Gasteiger partial charge on any atom is -0.503 e. The fourth-order valence-corrected chi connectivity index (χ4v) is 4.28. The molecule has 0 radical (unpaired) electrons. The highest BCUT2D eigenvalue weighted by Gasteiger charge is 2.34. The highest BCUT2D eigenvalue weighted by atomic mass is 16.6. The van der Waals surface area contributed by atoms with E-state index in [1.807, 2.05) is 6.92 Å². The van der Waals surface area contributed by atoms with Gasteiger partial charge in [-0.3, -0.25) is 9.59 Å². The van der Waals surface area contributed by atoms with Crippen molar-refractivity contribution in [2.24, 2.45) is 17.8 Å². The Kier molecular flexibility index (Phi) is 8.29. The Labute approximate surface area is 184 Å². The molecule has 2 aliphatic carbocycles. The van der Waals surface area contributed by atoms with E-state index in [1.165, 1.54) is 51.5 Å². The van der Waals surface area contributed by atoms with Gasteiger partial charge < -0.3 is 19.3 Å². The zero-order valence-corrected chi connectivity index (χ0v) is 18.8. The number of rotatable bonds is 11. The number of carbonyl (C=O) groups is 2. The van der Waals surface area contributed by atoms with Crippen LogP contribution in [0.4, 0.5) is 0 Å². The smallest absolute Gasteiger partial charge is 0.309 e. The summed E-state index contributed by atoms with van der Waals surface area (Å²) in [5, 5.41) is 10.1. The molecule has 1 heterocycles. The fraction of sp³-hybridized carbons (Fsp3) is 0.708. The second kappa shape index (κ2) is 10.9. The summed E-state index contributed by atoms with van der Waals surface area (Å²) in [6.45, 7) is 4.29. The third-order valence-corrected chi connectivity index (χ3v) is 6.37. The molecule has 172 valence electrons. The van der Waals surface area contributed by atoms with E-state index in [0.29, 0.717) is 11.8 Å². The van der Waals surface area contributed by atoms with Gasteiger partial charge in [-0.1, -0.05) is 26.2 Å². The van der Waals surface area contributed by atoms with Crippen molar-refractivity contribution >= 4 is 11.8 Å². The zero-order chi connectivity index (χ0) is 22.4.